The van der Waals surface area contributed by atoms with E-state index in [9.17, 15) is 4.79 Å². The summed E-state index contributed by atoms with van der Waals surface area (Å²) in [6.07, 6.45) is 4.56. The number of carbonyl (C=O) groups is 1. The maximum absolute atomic E-state index is 13.2. The Morgan fingerprint density at radius 1 is 1.08 bits per heavy atom. The smallest absolute Gasteiger partial charge is 0.289 e. The van der Waals surface area contributed by atoms with Crippen molar-refractivity contribution in [3.63, 3.8) is 0 Å². The van der Waals surface area contributed by atoms with Crippen molar-refractivity contribution in [2.45, 2.75) is 50.7 Å². The highest BCUT2D eigenvalue weighted by atomic mass is 16.3. The van der Waals surface area contributed by atoms with Crippen LogP contribution in [0.15, 0.2) is 40.8 Å². The van der Waals surface area contributed by atoms with E-state index in [1.807, 2.05) is 31.0 Å². The van der Waals surface area contributed by atoms with Gasteiger partial charge in [-0.1, -0.05) is 36.4 Å². The lowest BCUT2D eigenvalue weighted by atomic mass is 9.98. The number of nitrogens with one attached hydrogen (secondary N) is 1. The second-order valence-electron chi connectivity index (χ2n) is 7.90. The molecule has 4 nitrogen and oxygen atoms in total. The van der Waals surface area contributed by atoms with E-state index in [1.54, 1.807) is 0 Å². The first-order valence-electron chi connectivity index (χ1n) is 9.56. The van der Waals surface area contributed by atoms with Crippen LogP contribution in [0.3, 0.4) is 0 Å². The third-order valence-electron chi connectivity index (χ3n) is 6.34. The molecule has 1 aromatic heterocycles. The minimum absolute atomic E-state index is 0.00841. The minimum Gasteiger partial charge on any atom is -0.450 e. The second kappa shape index (κ2) is 5.85. The third kappa shape index (κ3) is 2.36. The summed E-state index contributed by atoms with van der Waals surface area (Å²) >= 11 is 0. The van der Waals surface area contributed by atoms with Crippen molar-refractivity contribution in [3.8, 4) is 0 Å². The molecular weight excluding hydrogens is 324 g/mol. The fourth-order valence-electron chi connectivity index (χ4n) is 4.82. The van der Waals surface area contributed by atoms with E-state index < -0.39 is 0 Å². The van der Waals surface area contributed by atoms with E-state index in [0.29, 0.717) is 23.9 Å². The lowest BCUT2D eigenvalue weighted by Gasteiger charge is -2.35. The average Bonchev–Trinajstić information content (AvgIpc) is 3.19. The Morgan fingerprint density at radius 2 is 1.81 bits per heavy atom. The van der Waals surface area contributed by atoms with E-state index in [-0.39, 0.29) is 5.91 Å². The van der Waals surface area contributed by atoms with Gasteiger partial charge < -0.3 is 14.6 Å². The van der Waals surface area contributed by atoms with Crippen LogP contribution in [0.1, 0.15) is 41.8 Å². The molecule has 1 amide bonds. The van der Waals surface area contributed by atoms with E-state index in [2.05, 4.69) is 29.6 Å². The molecule has 0 aliphatic carbocycles. The average molecular weight is 348 g/mol. The zero-order valence-corrected chi connectivity index (χ0v) is 15.3. The van der Waals surface area contributed by atoms with Crippen LogP contribution in [0.5, 0.6) is 0 Å². The van der Waals surface area contributed by atoms with Crippen molar-refractivity contribution < 1.29 is 9.21 Å². The number of furan rings is 1. The van der Waals surface area contributed by atoms with Gasteiger partial charge in [0.25, 0.3) is 5.91 Å². The molecule has 0 spiro atoms. The fraction of sp³-hybridized carbons (Fsp3) is 0.409. The van der Waals surface area contributed by atoms with Gasteiger partial charge in [0.2, 0.25) is 0 Å². The maximum Gasteiger partial charge on any atom is 0.289 e. The van der Waals surface area contributed by atoms with Crippen LogP contribution in [-0.2, 0) is 0 Å². The Balaban J connectivity index is 1.52. The monoisotopic (exact) mass is 348 g/mol. The summed E-state index contributed by atoms with van der Waals surface area (Å²) in [4.78, 5) is 15.1. The van der Waals surface area contributed by atoms with Crippen LogP contribution in [0.4, 0.5) is 0 Å². The van der Waals surface area contributed by atoms with Gasteiger partial charge in [-0.2, -0.15) is 0 Å². The number of rotatable bonds is 2. The molecule has 2 unspecified atom stereocenters. The van der Waals surface area contributed by atoms with Crippen molar-refractivity contribution in [2.75, 3.05) is 7.05 Å². The summed E-state index contributed by atoms with van der Waals surface area (Å²) in [5.41, 5.74) is 1.77. The number of amides is 1. The van der Waals surface area contributed by atoms with E-state index in [1.165, 1.54) is 12.8 Å². The first-order valence-corrected chi connectivity index (χ1v) is 9.56. The quantitative estimate of drug-likeness (QED) is 0.753. The highest BCUT2D eigenvalue weighted by Gasteiger charge is 2.37. The molecule has 1 N–H and O–H groups in total. The van der Waals surface area contributed by atoms with Gasteiger partial charge >= 0.3 is 0 Å². The molecule has 0 saturated carbocycles. The van der Waals surface area contributed by atoms with Gasteiger partial charge in [0.05, 0.1) is 0 Å². The van der Waals surface area contributed by atoms with Crippen LogP contribution in [0, 0.1) is 6.92 Å². The van der Waals surface area contributed by atoms with Crippen LogP contribution in [0.25, 0.3) is 21.7 Å². The number of piperidine rings is 1. The first kappa shape index (κ1) is 15.9. The molecule has 2 saturated heterocycles. The molecule has 2 aliphatic heterocycles. The molecule has 4 heteroatoms. The molecule has 134 valence electrons. The second-order valence-corrected chi connectivity index (χ2v) is 7.90. The molecule has 26 heavy (non-hydrogen) atoms. The number of hydrogen-bond donors (Lipinski definition) is 1. The highest BCUT2D eigenvalue weighted by molar-refractivity contribution is 6.08. The van der Waals surface area contributed by atoms with Crippen LogP contribution in [0.2, 0.25) is 0 Å². The number of carbonyl (C=O) groups excluding carboxylic acids is 1. The van der Waals surface area contributed by atoms with Gasteiger partial charge in [0.1, 0.15) is 5.58 Å². The van der Waals surface area contributed by atoms with Gasteiger partial charge in [-0.25, -0.2) is 0 Å². The molecule has 3 aromatic rings. The molecule has 2 fully saturated rings. The molecule has 5 rings (SSSR count). The van der Waals surface area contributed by atoms with Gasteiger partial charge in [0, 0.05) is 41.5 Å². The molecule has 2 aromatic carbocycles. The van der Waals surface area contributed by atoms with E-state index in [4.69, 9.17) is 4.42 Å². The Bertz CT molecular complexity index is 994. The molecular formula is C22H24N2O2. The van der Waals surface area contributed by atoms with Crippen molar-refractivity contribution in [2.24, 2.45) is 0 Å². The van der Waals surface area contributed by atoms with Gasteiger partial charge in [-0.05, 0) is 38.0 Å². The molecule has 2 bridgehead atoms. The van der Waals surface area contributed by atoms with Crippen LogP contribution in [-0.4, -0.2) is 36.0 Å². The molecule has 2 aliphatic rings. The topological polar surface area (TPSA) is 45.5 Å². The van der Waals surface area contributed by atoms with Crippen molar-refractivity contribution in [1.29, 1.82) is 0 Å². The zero-order valence-electron chi connectivity index (χ0n) is 15.3. The summed E-state index contributed by atoms with van der Waals surface area (Å²) in [6, 6.07) is 13.8. The predicted molar refractivity (Wildman–Crippen MR) is 104 cm³/mol. The van der Waals surface area contributed by atoms with Gasteiger partial charge in [0.15, 0.2) is 5.76 Å². The van der Waals surface area contributed by atoms with Gasteiger partial charge in [-0.15, -0.1) is 0 Å². The third-order valence-corrected chi connectivity index (χ3v) is 6.34. The largest absolute Gasteiger partial charge is 0.450 e. The van der Waals surface area contributed by atoms with Crippen molar-refractivity contribution in [1.82, 2.24) is 10.2 Å². The summed E-state index contributed by atoms with van der Waals surface area (Å²) in [6.45, 7) is 1.99. The lowest BCUT2D eigenvalue weighted by molar-refractivity contribution is 0.0651. The molecule has 3 heterocycles. The maximum atomic E-state index is 13.2. The number of hydrogen-bond acceptors (Lipinski definition) is 3. The molecule has 0 radical (unpaired) electrons. The van der Waals surface area contributed by atoms with E-state index >= 15 is 0 Å². The van der Waals surface area contributed by atoms with E-state index in [0.717, 1.165) is 40.1 Å². The zero-order chi connectivity index (χ0) is 17.8. The Morgan fingerprint density at radius 3 is 2.58 bits per heavy atom. The summed E-state index contributed by atoms with van der Waals surface area (Å²) in [5, 5.41) is 6.88. The van der Waals surface area contributed by atoms with Crippen LogP contribution < -0.4 is 5.32 Å². The van der Waals surface area contributed by atoms with Crippen molar-refractivity contribution >= 4 is 27.6 Å². The number of aryl methyl sites for hydroxylation is 1. The first-order chi connectivity index (χ1) is 12.6. The Hall–Kier alpha value is -2.33. The van der Waals surface area contributed by atoms with Crippen LogP contribution >= 0.6 is 0 Å². The highest BCUT2D eigenvalue weighted by Crippen LogP contribution is 2.34. The Kier molecular flexibility index (Phi) is 3.57. The number of benzene rings is 2. The Labute approximate surface area is 153 Å². The SMILES string of the molecule is Cc1c(C(=O)N(C)C2CC3CCC(C2)N3)oc2c1ccc1ccccc12. The lowest BCUT2D eigenvalue weighted by Crippen LogP contribution is -2.48. The number of fused-ring (bicyclic) bond motifs is 5. The minimum atomic E-state index is 0.00841. The standard InChI is InChI=1S/C22H24N2O2/c1-13-18-10-7-14-5-3-4-6-19(14)21(18)26-20(13)22(25)24(2)17-11-15-8-9-16(12-17)23-15/h3-7,10,15-17,23H,8-9,11-12H2,1-2H3. The van der Waals surface area contributed by atoms with Crippen molar-refractivity contribution in [3.05, 3.63) is 47.7 Å². The summed E-state index contributed by atoms with van der Waals surface area (Å²) in [5.74, 6) is 0.499. The fourth-order valence-corrected chi connectivity index (χ4v) is 4.82. The summed E-state index contributed by atoms with van der Waals surface area (Å²) < 4.78 is 6.15. The normalized spacial score (nSPS) is 25.1. The number of nitrogens with zero attached hydrogens (tertiary/aromatic N) is 1. The molecule has 2 atom stereocenters. The van der Waals surface area contributed by atoms with Gasteiger partial charge in [-0.3, -0.25) is 4.79 Å². The summed E-state index contributed by atoms with van der Waals surface area (Å²) in [7, 11) is 1.93. The predicted octanol–water partition coefficient (Wildman–Crippen LogP) is 4.25.